The van der Waals surface area contributed by atoms with Crippen molar-refractivity contribution >= 4 is 11.3 Å². The number of hydrogen-bond donors (Lipinski definition) is 2. The molecule has 0 amide bonds. The standard InChI is InChI=1S/C16H28N2S/c1-4-14-7-8-15(19-14)11-18-12-16(2,3)13-6-5-9-17-10-13/h7-8,13,17-18H,4-6,9-12H2,1-3H3. The fourth-order valence-corrected chi connectivity index (χ4v) is 3.81. The van der Waals surface area contributed by atoms with Gasteiger partial charge in [0.15, 0.2) is 0 Å². The van der Waals surface area contributed by atoms with Gasteiger partial charge in [-0.05, 0) is 55.8 Å². The molecule has 0 bridgehead atoms. The van der Waals surface area contributed by atoms with Crippen LogP contribution in [0.15, 0.2) is 12.1 Å². The highest BCUT2D eigenvalue weighted by Crippen LogP contribution is 2.31. The minimum atomic E-state index is 0.387. The van der Waals surface area contributed by atoms with Crippen LogP contribution in [0.1, 0.15) is 43.4 Å². The van der Waals surface area contributed by atoms with E-state index >= 15 is 0 Å². The maximum Gasteiger partial charge on any atom is 0.0300 e. The van der Waals surface area contributed by atoms with Crippen LogP contribution in [0.2, 0.25) is 0 Å². The zero-order valence-corrected chi connectivity index (χ0v) is 13.4. The molecule has 1 atom stereocenters. The molecule has 1 saturated heterocycles. The number of hydrogen-bond acceptors (Lipinski definition) is 3. The van der Waals surface area contributed by atoms with E-state index in [1.54, 1.807) is 0 Å². The minimum Gasteiger partial charge on any atom is -0.316 e. The van der Waals surface area contributed by atoms with E-state index < -0.39 is 0 Å². The summed E-state index contributed by atoms with van der Waals surface area (Å²) in [5.41, 5.74) is 0.387. The Labute approximate surface area is 122 Å². The quantitative estimate of drug-likeness (QED) is 0.834. The Morgan fingerprint density at radius 2 is 2.16 bits per heavy atom. The highest BCUT2D eigenvalue weighted by molar-refractivity contribution is 7.11. The molecule has 1 fully saturated rings. The van der Waals surface area contributed by atoms with Gasteiger partial charge in [-0.15, -0.1) is 11.3 Å². The van der Waals surface area contributed by atoms with Crippen LogP contribution in [-0.4, -0.2) is 19.6 Å². The van der Waals surface area contributed by atoms with Gasteiger partial charge >= 0.3 is 0 Å². The van der Waals surface area contributed by atoms with Crippen LogP contribution in [0.5, 0.6) is 0 Å². The molecule has 19 heavy (non-hydrogen) atoms. The van der Waals surface area contributed by atoms with Crippen LogP contribution in [0.4, 0.5) is 0 Å². The van der Waals surface area contributed by atoms with Crippen LogP contribution in [0.25, 0.3) is 0 Å². The predicted octanol–water partition coefficient (Wildman–Crippen LogP) is 3.43. The van der Waals surface area contributed by atoms with Crippen LogP contribution in [-0.2, 0) is 13.0 Å². The van der Waals surface area contributed by atoms with E-state index in [2.05, 4.69) is 43.5 Å². The summed E-state index contributed by atoms with van der Waals surface area (Å²) in [6, 6.07) is 4.53. The van der Waals surface area contributed by atoms with Gasteiger partial charge in [0, 0.05) is 22.8 Å². The molecule has 2 N–H and O–H groups in total. The summed E-state index contributed by atoms with van der Waals surface area (Å²) in [5.74, 6) is 0.809. The normalized spacial score (nSPS) is 20.7. The Bertz CT molecular complexity index is 378. The Kier molecular flexibility index (Phi) is 5.43. The minimum absolute atomic E-state index is 0.387. The average Bonchev–Trinajstić information content (AvgIpc) is 2.87. The zero-order chi connectivity index (χ0) is 13.7. The lowest BCUT2D eigenvalue weighted by Crippen LogP contribution is -2.43. The molecule has 1 aliphatic heterocycles. The van der Waals surface area contributed by atoms with E-state index in [9.17, 15) is 0 Å². The van der Waals surface area contributed by atoms with Crippen molar-refractivity contribution < 1.29 is 0 Å². The second-order valence-corrected chi connectivity index (χ2v) is 7.61. The third kappa shape index (κ3) is 4.30. The molecule has 0 spiro atoms. The summed E-state index contributed by atoms with van der Waals surface area (Å²) in [7, 11) is 0. The van der Waals surface area contributed by atoms with Crippen LogP contribution in [0, 0.1) is 11.3 Å². The van der Waals surface area contributed by atoms with E-state index in [0.717, 1.165) is 25.4 Å². The van der Waals surface area contributed by atoms with Gasteiger partial charge in [0.05, 0.1) is 0 Å². The van der Waals surface area contributed by atoms with Crippen LogP contribution in [0.3, 0.4) is 0 Å². The van der Waals surface area contributed by atoms with E-state index in [4.69, 9.17) is 0 Å². The lowest BCUT2D eigenvalue weighted by atomic mass is 9.75. The maximum absolute atomic E-state index is 3.66. The van der Waals surface area contributed by atoms with Crippen molar-refractivity contribution in [2.75, 3.05) is 19.6 Å². The molecule has 108 valence electrons. The molecule has 0 aliphatic carbocycles. The van der Waals surface area contributed by atoms with Crippen molar-refractivity contribution in [1.29, 1.82) is 0 Å². The Hall–Kier alpha value is -0.380. The van der Waals surface area contributed by atoms with E-state index in [0.29, 0.717) is 5.41 Å². The molecule has 2 nitrogen and oxygen atoms in total. The summed E-state index contributed by atoms with van der Waals surface area (Å²) in [6.07, 6.45) is 3.86. The summed E-state index contributed by atoms with van der Waals surface area (Å²) < 4.78 is 0. The van der Waals surface area contributed by atoms with Gasteiger partial charge in [0.2, 0.25) is 0 Å². The highest BCUT2D eigenvalue weighted by Gasteiger charge is 2.30. The third-order valence-electron chi connectivity index (χ3n) is 4.35. The Morgan fingerprint density at radius 3 is 2.79 bits per heavy atom. The smallest absolute Gasteiger partial charge is 0.0300 e. The molecule has 1 aromatic rings. The summed E-state index contributed by atoms with van der Waals surface area (Å²) in [6.45, 7) is 11.6. The monoisotopic (exact) mass is 280 g/mol. The van der Waals surface area contributed by atoms with Gasteiger partial charge in [0.25, 0.3) is 0 Å². The van der Waals surface area contributed by atoms with Crippen LogP contribution >= 0.6 is 11.3 Å². The first-order valence-corrected chi connectivity index (χ1v) is 8.42. The van der Waals surface area contributed by atoms with Crippen molar-refractivity contribution in [3.8, 4) is 0 Å². The second-order valence-electron chi connectivity index (χ2n) is 6.36. The average molecular weight is 280 g/mol. The van der Waals surface area contributed by atoms with E-state index in [-0.39, 0.29) is 0 Å². The molecule has 0 saturated carbocycles. The largest absolute Gasteiger partial charge is 0.316 e. The highest BCUT2D eigenvalue weighted by atomic mass is 32.1. The molecule has 0 aromatic carbocycles. The van der Waals surface area contributed by atoms with Gasteiger partial charge in [-0.1, -0.05) is 20.8 Å². The van der Waals surface area contributed by atoms with Crippen molar-refractivity contribution in [2.45, 2.75) is 46.6 Å². The van der Waals surface area contributed by atoms with Gasteiger partial charge in [-0.2, -0.15) is 0 Å². The summed E-state index contributed by atoms with van der Waals surface area (Å²) >= 11 is 1.94. The van der Waals surface area contributed by atoms with Crippen molar-refractivity contribution in [3.05, 3.63) is 21.9 Å². The molecule has 2 rings (SSSR count). The van der Waals surface area contributed by atoms with Gasteiger partial charge < -0.3 is 10.6 Å². The van der Waals surface area contributed by atoms with Crippen molar-refractivity contribution in [1.82, 2.24) is 10.6 Å². The summed E-state index contributed by atoms with van der Waals surface area (Å²) in [5, 5.41) is 7.19. The molecule has 1 aliphatic rings. The topological polar surface area (TPSA) is 24.1 Å². The maximum atomic E-state index is 3.66. The van der Waals surface area contributed by atoms with Gasteiger partial charge in [-0.25, -0.2) is 0 Å². The zero-order valence-electron chi connectivity index (χ0n) is 12.6. The number of thiophene rings is 1. The second kappa shape index (κ2) is 6.87. The first-order chi connectivity index (χ1) is 9.12. The first kappa shape index (κ1) is 15.0. The SMILES string of the molecule is CCc1ccc(CNCC(C)(C)C2CCCNC2)s1. The van der Waals surface area contributed by atoms with E-state index in [1.807, 2.05) is 11.3 Å². The molecule has 1 unspecified atom stereocenters. The lowest BCUT2D eigenvalue weighted by Gasteiger charge is -2.37. The number of piperidine rings is 1. The van der Waals surface area contributed by atoms with Crippen molar-refractivity contribution in [2.24, 2.45) is 11.3 Å². The number of nitrogens with one attached hydrogen (secondary N) is 2. The predicted molar refractivity (Wildman–Crippen MR) is 84.8 cm³/mol. The first-order valence-electron chi connectivity index (χ1n) is 7.61. The Balaban J connectivity index is 1.77. The fraction of sp³-hybridized carbons (Fsp3) is 0.750. The molecule has 2 heterocycles. The number of aryl methyl sites for hydroxylation is 1. The van der Waals surface area contributed by atoms with E-state index in [1.165, 1.54) is 35.7 Å². The molecule has 3 heteroatoms. The molecular weight excluding hydrogens is 252 g/mol. The van der Waals surface area contributed by atoms with Gasteiger partial charge in [-0.3, -0.25) is 0 Å². The van der Waals surface area contributed by atoms with Crippen LogP contribution < -0.4 is 10.6 Å². The fourth-order valence-electron chi connectivity index (χ4n) is 2.88. The third-order valence-corrected chi connectivity index (χ3v) is 5.58. The van der Waals surface area contributed by atoms with Crippen molar-refractivity contribution in [3.63, 3.8) is 0 Å². The Morgan fingerprint density at radius 1 is 1.37 bits per heavy atom. The number of rotatable bonds is 6. The molecule has 0 radical (unpaired) electrons. The lowest BCUT2D eigenvalue weighted by molar-refractivity contribution is 0.166. The molecular formula is C16H28N2S. The molecule has 1 aromatic heterocycles. The summed E-state index contributed by atoms with van der Waals surface area (Å²) in [4.78, 5) is 2.96. The van der Waals surface area contributed by atoms with Gasteiger partial charge in [0.1, 0.15) is 0 Å².